The standard InChI is InChI=1S/C18H25NO5/c1-5-7-8-12(6-2)16(20)19-15-10-13(17(21)23-3)9-14(11-15)18(22)24-4/h9-12H,5-8H2,1-4H3,(H,19,20)/t12-/m0/s1. The number of unbranched alkanes of at least 4 members (excludes halogenated alkanes) is 1. The van der Waals surface area contributed by atoms with Crippen molar-refractivity contribution in [3.05, 3.63) is 29.3 Å². The molecule has 1 aromatic rings. The number of carbonyl (C=O) groups is 3. The number of hydrogen-bond donors (Lipinski definition) is 1. The molecular weight excluding hydrogens is 310 g/mol. The molecule has 0 fully saturated rings. The zero-order valence-corrected chi connectivity index (χ0v) is 14.7. The average molecular weight is 335 g/mol. The van der Waals surface area contributed by atoms with E-state index in [1.807, 2.05) is 6.92 Å². The summed E-state index contributed by atoms with van der Waals surface area (Å²) in [6.07, 6.45) is 3.53. The van der Waals surface area contributed by atoms with Gasteiger partial charge in [0.25, 0.3) is 0 Å². The van der Waals surface area contributed by atoms with Crippen LogP contribution in [-0.2, 0) is 14.3 Å². The van der Waals surface area contributed by atoms with Crippen molar-refractivity contribution in [2.24, 2.45) is 5.92 Å². The van der Waals surface area contributed by atoms with E-state index in [9.17, 15) is 14.4 Å². The second-order valence-electron chi connectivity index (χ2n) is 5.52. The van der Waals surface area contributed by atoms with Gasteiger partial charge >= 0.3 is 11.9 Å². The highest BCUT2D eigenvalue weighted by Gasteiger charge is 2.19. The number of benzene rings is 1. The lowest BCUT2D eigenvalue weighted by Gasteiger charge is -2.15. The van der Waals surface area contributed by atoms with Crippen LogP contribution in [0, 0.1) is 5.92 Å². The summed E-state index contributed by atoms with van der Waals surface area (Å²) in [7, 11) is 2.51. The van der Waals surface area contributed by atoms with E-state index in [0.29, 0.717) is 5.69 Å². The Morgan fingerprint density at radius 2 is 1.54 bits per heavy atom. The summed E-state index contributed by atoms with van der Waals surface area (Å²) in [6.45, 7) is 4.04. The van der Waals surface area contributed by atoms with E-state index in [1.165, 1.54) is 32.4 Å². The lowest BCUT2D eigenvalue weighted by Crippen LogP contribution is -2.22. The minimum absolute atomic E-state index is 0.103. The fourth-order valence-electron chi connectivity index (χ4n) is 2.39. The van der Waals surface area contributed by atoms with Crippen molar-refractivity contribution in [2.75, 3.05) is 19.5 Å². The fraction of sp³-hybridized carbons (Fsp3) is 0.500. The van der Waals surface area contributed by atoms with Crippen LogP contribution in [0.1, 0.15) is 60.2 Å². The molecule has 1 N–H and O–H groups in total. The quantitative estimate of drug-likeness (QED) is 0.736. The van der Waals surface area contributed by atoms with Crippen molar-refractivity contribution in [1.82, 2.24) is 0 Å². The molecule has 0 aliphatic heterocycles. The Balaban J connectivity index is 3.06. The molecule has 0 aliphatic carbocycles. The average Bonchev–Trinajstić information content (AvgIpc) is 2.60. The van der Waals surface area contributed by atoms with E-state index in [0.717, 1.165) is 25.7 Å². The van der Waals surface area contributed by atoms with Gasteiger partial charge in [0.15, 0.2) is 0 Å². The number of nitrogens with one attached hydrogen (secondary N) is 1. The Bertz CT molecular complexity index is 563. The molecule has 0 aromatic heterocycles. The highest BCUT2D eigenvalue weighted by Crippen LogP contribution is 2.20. The summed E-state index contributed by atoms with van der Waals surface area (Å²) in [4.78, 5) is 35.9. The number of anilines is 1. The second kappa shape index (κ2) is 9.70. The first-order chi connectivity index (χ1) is 11.5. The molecule has 0 bridgehead atoms. The third kappa shape index (κ3) is 5.37. The summed E-state index contributed by atoms with van der Waals surface area (Å²) in [5.41, 5.74) is 0.730. The molecule has 1 atom stereocenters. The summed E-state index contributed by atoms with van der Waals surface area (Å²) in [6, 6.07) is 4.35. The summed E-state index contributed by atoms with van der Waals surface area (Å²) >= 11 is 0. The molecule has 0 heterocycles. The van der Waals surface area contributed by atoms with Crippen LogP contribution >= 0.6 is 0 Å². The van der Waals surface area contributed by atoms with E-state index < -0.39 is 11.9 Å². The molecule has 1 amide bonds. The summed E-state index contributed by atoms with van der Waals surface area (Å²) < 4.78 is 9.37. The summed E-state index contributed by atoms with van der Waals surface area (Å²) in [5, 5.41) is 2.79. The van der Waals surface area contributed by atoms with Crippen LogP contribution in [0.4, 0.5) is 5.69 Å². The zero-order valence-electron chi connectivity index (χ0n) is 14.7. The van der Waals surface area contributed by atoms with Crippen molar-refractivity contribution in [2.45, 2.75) is 39.5 Å². The lowest BCUT2D eigenvalue weighted by atomic mass is 9.98. The third-order valence-electron chi connectivity index (χ3n) is 3.81. The minimum Gasteiger partial charge on any atom is -0.465 e. The Morgan fingerprint density at radius 1 is 1.00 bits per heavy atom. The maximum absolute atomic E-state index is 12.4. The minimum atomic E-state index is -0.589. The normalized spacial score (nSPS) is 11.5. The predicted octanol–water partition coefficient (Wildman–Crippen LogP) is 3.41. The zero-order chi connectivity index (χ0) is 18.1. The number of rotatable bonds is 8. The van der Waals surface area contributed by atoms with E-state index in [2.05, 4.69) is 21.7 Å². The van der Waals surface area contributed by atoms with Gasteiger partial charge in [0.1, 0.15) is 0 Å². The van der Waals surface area contributed by atoms with Gasteiger partial charge in [-0.2, -0.15) is 0 Å². The maximum atomic E-state index is 12.4. The monoisotopic (exact) mass is 335 g/mol. The Kier molecular flexibility index (Phi) is 7.95. The Labute approximate surface area is 142 Å². The van der Waals surface area contributed by atoms with Gasteiger partial charge in [-0.3, -0.25) is 4.79 Å². The molecule has 6 nitrogen and oxygen atoms in total. The van der Waals surface area contributed by atoms with Crippen molar-refractivity contribution < 1.29 is 23.9 Å². The first-order valence-electron chi connectivity index (χ1n) is 8.09. The summed E-state index contributed by atoms with van der Waals surface area (Å²) in [5.74, 6) is -1.40. The number of amides is 1. The second-order valence-corrected chi connectivity index (χ2v) is 5.52. The van der Waals surface area contributed by atoms with Gasteiger partial charge in [0.2, 0.25) is 5.91 Å². The maximum Gasteiger partial charge on any atom is 0.337 e. The van der Waals surface area contributed by atoms with Crippen LogP contribution in [0.3, 0.4) is 0 Å². The number of hydrogen-bond acceptors (Lipinski definition) is 5. The SMILES string of the molecule is CCCC[C@H](CC)C(=O)Nc1cc(C(=O)OC)cc(C(=O)OC)c1. The molecule has 0 saturated heterocycles. The molecule has 0 spiro atoms. The van der Waals surface area contributed by atoms with Crippen LogP contribution in [0.5, 0.6) is 0 Å². The highest BCUT2D eigenvalue weighted by atomic mass is 16.5. The van der Waals surface area contributed by atoms with Gasteiger partial charge < -0.3 is 14.8 Å². The van der Waals surface area contributed by atoms with Gasteiger partial charge in [-0.15, -0.1) is 0 Å². The number of methoxy groups -OCH3 is 2. The van der Waals surface area contributed by atoms with Crippen molar-refractivity contribution in [3.63, 3.8) is 0 Å². The Hall–Kier alpha value is -2.37. The molecule has 0 radical (unpaired) electrons. The van der Waals surface area contributed by atoms with E-state index >= 15 is 0 Å². The number of esters is 2. The van der Waals surface area contributed by atoms with Crippen LogP contribution in [0.15, 0.2) is 18.2 Å². The van der Waals surface area contributed by atoms with Gasteiger partial charge in [-0.05, 0) is 31.0 Å². The highest BCUT2D eigenvalue weighted by molar-refractivity contribution is 5.99. The van der Waals surface area contributed by atoms with Gasteiger partial charge in [0.05, 0.1) is 25.3 Å². The lowest BCUT2D eigenvalue weighted by molar-refractivity contribution is -0.120. The molecule has 1 aromatic carbocycles. The van der Waals surface area contributed by atoms with Gasteiger partial charge in [-0.1, -0.05) is 26.7 Å². The largest absolute Gasteiger partial charge is 0.465 e. The molecule has 132 valence electrons. The molecule has 6 heteroatoms. The first-order valence-corrected chi connectivity index (χ1v) is 8.09. The Morgan fingerprint density at radius 3 is 1.96 bits per heavy atom. The number of carbonyl (C=O) groups excluding carboxylic acids is 3. The third-order valence-corrected chi connectivity index (χ3v) is 3.81. The number of ether oxygens (including phenoxy) is 2. The molecule has 1 rings (SSSR count). The van der Waals surface area contributed by atoms with E-state index in [4.69, 9.17) is 0 Å². The van der Waals surface area contributed by atoms with Crippen LogP contribution < -0.4 is 5.32 Å². The van der Waals surface area contributed by atoms with E-state index in [-0.39, 0.29) is 23.0 Å². The van der Waals surface area contributed by atoms with Crippen molar-refractivity contribution >= 4 is 23.5 Å². The van der Waals surface area contributed by atoms with Crippen LogP contribution in [0.2, 0.25) is 0 Å². The smallest absolute Gasteiger partial charge is 0.337 e. The van der Waals surface area contributed by atoms with Crippen molar-refractivity contribution in [1.29, 1.82) is 0 Å². The molecule has 0 unspecified atom stereocenters. The van der Waals surface area contributed by atoms with E-state index in [1.54, 1.807) is 0 Å². The molecule has 24 heavy (non-hydrogen) atoms. The molecule has 0 aliphatic rings. The van der Waals surface area contributed by atoms with Gasteiger partial charge in [0, 0.05) is 11.6 Å². The molecule has 0 saturated carbocycles. The predicted molar refractivity (Wildman–Crippen MR) is 91.1 cm³/mol. The fourth-order valence-corrected chi connectivity index (χ4v) is 2.39. The van der Waals surface area contributed by atoms with Gasteiger partial charge in [-0.25, -0.2) is 9.59 Å². The van der Waals surface area contributed by atoms with Crippen molar-refractivity contribution in [3.8, 4) is 0 Å². The first kappa shape index (κ1) is 19.7. The van der Waals surface area contributed by atoms with Crippen LogP contribution in [-0.4, -0.2) is 32.1 Å². The van der Waals surface area contributed by atoms with Crippen LogP contribution in [0.25, 0.3) is 0 Å². The molecular formula is C18H25NO5. The topological polar surface area (TPSA) is 81.7 Å².